The largest absolute Gasteiger partial charge is 0.314 e. The molecular weight excluding hydrogens is 286 g/mol. The van der Waals surface area contributed by atoms with Crippen LogP contribution >= 0.6 is 22.7 Å². The molecule has 0 aliphatic heterocycles. The number of thiophene rings is 1. The lowest BCUT2D eigenvalue weighted by atomic mass is 10.2. The Morgan fingerprint density at radius 1 is 1.20 bits per heavy atom. The molecule has 5 heteroatoms. The van der Waals surface area contributed by atoms with Crippen LogP contribution in [0, 0.1) is 0 Å². The standard InChI is InChI=1S/C15H15N3S2/c1-2-4-13-11(3-1)12(9-19-13)15-18-17-14(20-15)7-8-16-10-5-6-10/h1-4,9-10,16H,5-8H2. The Labute approximate surface area is 125 Å². The quantitative estimate of drug-likeness (QED) is 0.780. The number of hydrogen-bond acceptors (Lipinski definition) is 5. The number of rotatable bonds is 5. The van der Waals surface area contributed by atoms with Crippen molar-refractivity contribution >= 4 is 32.8 Å². The molecule has 2 heterocycles. The molecule has 1 aliphatic rings. The van der Waals surface area contributed by atoms with Gasteiger partial charge in [-0.2, -0.15) is 0 Å². The van der Waals surface area contributed by atoms with Crippen LogP contribution in [0.15, 0.2) is 29.6 Å². The smallest absolute Gasteiger partial charge is 0.149 e. The first-order valence-corrected chi connectivity index (χ1v) is 8.62. The molecule has 1 fully saturated rings. The van der Waals surface area contributed by atoms with Crippen molar-refractivity contribution in [3.8, 4) is 10.6 Å². The van der Waals surface area contributed by atoms with Gasteiger partial charge in [0.2, 0.25) is 0 Å². The van der Waals surface area contributed by atoms with E-state index in [1.165, 1.54) is 28.5 Å². The lowest BCUT2D eigenvalue weighted by Crippen LogP contribution is -2.19. The van der Waals surface area contributed by atoms with Crippen LogP contribution < -0.4 is 5.32 Å². The average molecular weight is 301 g/mol. The second kappa shape index (κ2) is 5.24. The van der Waals surface area contributed by atoms with Gasteiger partial charge in [0.15, 0.2) is 0 Å². The van der Waals surface area contributed by atoms with Gasteiger partial charge in [0.1, 0.15) is 10.0 Å². The molecule has 0 bridgehead atoms. The molecule has 102 valence electrons. The van der Waals surface area contributed by atoms with E-state index in [2.05, 4.69) is 45.2 Å². The van der Waals surface area contributed by atoms with E-state index in [0.29, 0.717) is 0 Å². The molecule has 1 N–H and O–H groups in total. The van der Waals surface area contributed by atoms with Crippen LogP contribution in [-0.2, 0) is 6.42 Å². The van der Waals surface area contributed by atoms with Gasteiger partial charge in [-0.15, -0.1) is 21.5 Å². The van der Waals surface area contributed by atoms with Crippen molar-refractivity contribution in [3.63, 3.8) is 0 Å². The van der Waals surface area contributed by atoms with Crippen molar-refractivity contribution in [2.75, 3.05) is 6.54 Å². The SMILES string of the molecule is c1ccc2c(-c3nnc(CCNC4CC4)s3)csc2c1. The highest BCUT2D eigenvalue weighted by Gasteiger charge is 2.20. The van der Waals surface area contributed by atoms with Crippen LogP contribution in [0.5, 0.6) is 0 Å². The summed E-state index contributed by atoms with van der Waals surface area (Å²) in [5.74, 6) is 0. The van der Waals surface area contributed by atoms with E-state index in [1.807, 2.05) is 0 Å². The van der Waals surface area contributed by atoms with Crippen molar-refractivity contribution < 1.29 is 0 Å². The van der Waals surface area contributed by atoms with Crippen molar-refractivity contribution in [2.45, 2.75) is 25.3 Å². The number of aromatic nitrogens is 2. The number of benzene rings is 1. The summed E-state index contributed by atoms with van der Waals surface area (Å²) in [5.41, 5.74) is 1.23. The molecule has 0 unspecified atom stereocenters. The molecule has 1 aromatic carbocycles. The molecule has 2 aromatic heterocycles. The van der Waals surface area contributed by atoms with E-state index in [-0.39, 0.29) is 0 Å². The number of fused-ring (bicyclic) bond motifs is 1. The highest BCUT2D eigenvalue weighted by atomic mass is 32.1. The van der Waals surface area contributed by atoms with E-state index >= 15 is 0 Å². The van der Waals surface area contributed by atoms with Gasteiger partial charge in [-0.05, 0) is 18.9 Å². The maximum absolute atomic E-state index is 4.37. The second-order valence-corrected chi connectivity index (χ2v) is 7.10. The van der Waals surface area contributed by atoms with E-state index in [0.717, 1.165) is 29.0 Å². The summed E-state index contributed by atoms with van der Waals surface area (Å²) in [7, 11) is 0. The maximum Gasteiger partial charge on any atom is 0.149 e. The lowest BCUT2D eigenvalue weighted by molar-refractivity contribution is 0.677. The molecule has 3 aromatic rings. The Bertz CT molecular complexity index is 727. The van der Waals surface area contributed by atoms with Crippen LogP contribution in [0.4, 0.5) is 0 Å². The summed E-state index contributed by atoms with van der Waals surface area (Å²) in [6.45, 7) is 1.02. The second-order valence-electron chi connectivity index (χ2n) is 5.12. The van der Waals surface area contributed by atoms with Crippen LogP contribution in [0.25, 0.3) is 20.7 Å². The van der Waals surface area contributed by atoms with Crippen LogP contribution in [-0.4, -0.2) is 22.8 Å². The third-order valence-electron chi connectivity index (χ3n) is 3.53. The van der Waals surface area contributed by atoms with Gasteiger partial charge >= 0.3 is 0 Å². The van der Waals surface area contributed by atoms with E-state index in [9.17, 15) is 0 Å². The van der Waals surface area contributed by atoms with Gasteiger partial charge in [-0.1, -0.05) is 29.5 Å². The van der Waals surface area contributed by atoms with Crippen LogP contribution in [0.2, 0.25) is 0 Å². The minimum Gasteiger partial charge on any atom is -0.314 e. The molecule has 20 heavy (non-hydrogen) atoms. The van der Waals surface area contributed by atoms with Gasteiger partial charge in [-0.25, -0.2) is 0 Å². The third kappa shape index (κ3) is 2.49. The summed E-state index contributed by atoms with van der Waals surface area (Å²) in [4.78, 5) is 0. The summed E-state index contributed by atoms with van der Waals surface area (Å²) in [6.07, 6.45) is 3.65. The Morgan fingerprint density at radius 2 is 2.10 bits per heavy atom. The molecule has 0 amide bonds. The zero-order chi connectivity index (χ0) is 13.4. The molecule has 1 saturated carbocycles. The van der Waals surface area contributed by atoms with Gasteiger partial charge in [-0.3, -0.25) is 0 Å². The normalized spacial score (nSPS) is 15.0. The maximum atomic E-state index is 4.37. The molecule has 1 aliphatic carbocycles. The zero-order valence-corrected chi connectivity index (χ0v) is 12.6. The first-order valence-electron chi connectivity index (χ1n) is 6.92. The van der Waals surface area contributed by atoms with Crippen molar-refractivity contribution in [2.24, 2.45) is 0 Å². The Balaban J connectivity index is 1.54. The summed E-state index contributed by atoms with van der Waals surface area (Å²) < 4.78 is 1.31. The summed E-state index contributed by atoms with van der Waals surface area (Å²) in [6, 6.07) is 9.25. The van der Waals surface area contributed by atoms with Crippen molar-refractivity contribution in [1.82, 2.24) is 15.5 Å². The number of nitrogens with one attached hydrogen (secondary N) is 1. The molecule has 0 spiro atoms. The van der Waals surface area contributed by atoms with Crippen molar-refractivity contribution in [1.29, 1.82) is 0 Å². The minimum absolute atomic E-state index is 0.767. The van der Waals surface area contributed by atoms with Gasteiger partial charge in [0.05, 0.1) is 0 Å². The minimum atomic E-state index is 0.767. The van der Waals surface area contributed by atoms with E-state index in [1.54, 1.807) is 22.7 Å². The topological polar surface area (TPSA) is 37.8 Å². The number of nitrogens with zero attached hydrogens (tertiary/aromatic N) is 2. The third-order valence-corrected chi connectivity index (χ3v) is 5.51. The lowest BCUT2D eigenvalue weighted by Gasteiger charge is -1.97. The van der Waals surface area contributed by atoms with Gasteiger partial charge < -0.3 is 5.32 Å². The Hall–Kier alpha value is -1.30. The first-order chi connectivity index (χ1) is 9.90. The fourth-order valence-corrected chi connectivity index (χ4v) is 4.17. The van der Waals surface area contributed by atoms with Gasteiger partial charge in [0, 0.05) is 40.0 Å². The summed E-state index contributed by atoms with van der Waals surface area (Å²) >= 11 is 3.50. The monoisotopic (exact) mass is 301 g/mol. The predicted molar refractivity (Wildman–Crippen MR) is 85.5 cm³/mol. The Kier molecular flexibility index (Phi) is 3.26. The molecule has 3 nitrogen and oxygen atoms in total. The van der Waals surface area contributed by atoms with E-state index < -0.39 is 0 Å². The molecular formula is C15H15N3S2. The zero-order valence-electron chi connectivity index (χ0n) is 11.0. The highest BCUT2D eigenvalue weighted by molar-refractivity contribution is 7.19. The highest BCUT2D eigenvalue weighted by Crippen LogP contribution is 2.35. The Morgan fingerprint density at radius 3 is 3.00 bits per heavy atom. The van der Waals surface area contributed by atoms with Crippen molar-refractivity contribution in [3.05, 3.63) is 34.7 Å². The predicted octanol–water partition coefficient (Wildman–Crippen LogP) is 3.71. The molecule has 0 saturated heterocycles. The average Bonchev–Trinajstić information content (AvgIpc) is 3.01. The molecule has 4 rings (SSSR count). The fourth-order valence-electron chi connectivity index (χ4n) is 2.28. The van der Waals surface area contributed by atoms with Gasteiger partial charge in [0.25, 0.3) is 0 Å². The van der Waals surface area contributed by atoms with E-state index in [4.69, 9.17) is 0 Å². The first kappa shape index (κ1) is 12.4. The molecule has 0 radical (unpaired) electrons. The van der Waals surface area contributed by atoms with Crippen LogP contribution in [0.1, 0.15) is 17.8 Å². The molecule has 0 atom stereocenters. The summed E-state index contributed by atoms with van der Waals surface area (Å²) in [5, 5.41) is 17.9. The van der Waals surface area contributed by atoms with Crippen LogP contribution in [0.3, 0.4) is 0 Å². The number of hydrogen-bond donors (Lipinski definition) is 1. The fraction of sp³-hybridized carbons (Fsp3) is 0.333.